The Morgan fingerprint density at radius 3 is 2.05 bits per heavy atom. The summed E-state index contributed by atoms with van der Waals surface area (Å²) in [6, 6.07) is 12.1. The number of hydrogen-bond donors (Lipinski definition) is 2. The van der Waals surface area contributed by atoms with Gasteiger partial charge in [-0.25, -0.2) is 0 Å². The number of rotatable bonds is 2. The second kappa shape index (κ2) is 6.41. The van der Waals surface area contributed by atoms with Crippen molar-refractivity contribution in [2.24, 2.45) is 0 Å². The maximum absolute atomic E-state index is 11.8. The highest BCUT2D eigenvalue weighted by molar-refractivity contribution is 6.43. The lowest BCUT2D eigenvalue weighted by molar-refractivity contribution is -0.132. The third-order valence-electron chi connectivity index (χ3n) is 3.05. The summed E-state index contributed by atoms with van der Waals surface area (Å²) in [5, 5.41) is 5.54. The highest BCUT2D eigenvalue weighted by Crippen LogP contribution is 2.16. The molecule has 2 rings (SSSR count). The van der Waals surface area contributed by atoms with Crippen LogP contribution in [-0.2, 0) is 9.59 Å². The van der Waals surface area contributed by atoms with Crippen molar-refractivity contribution in [3.8, 4) is 0 Å². The smallest absolute Gasteiger partial charge is 0.314 e. The SMILES string of the molecule is Cc1ccc(NC(=O)C(=O)Nc2cccc(Cl)c2)cc1C. The minimum absolute atomic E-state index is 0.475. The molecule has 0 fully saturated rings. The molecule has 0 atom stereocenters. The highest BCUT2D eigenvalue weighted by atomic mass is 35.5. The van der Waals surface area contributed by atoms with Crippen molar-refractivity contribution in [2.45, 2.75) is 13.8 Å². The molecule has 2 amide bonds. The summed E-state index contributed by atoms with van der Waals surface area (Å²) in [6.07, 6.45) is 0. The topological polar surface area (TPSA) is 58.2 Å². The van der Waals surface area contributed by atoms with E-state index in [4.69, 9.17) is 11.6 Å². The van der Waals surface area contributed by atoms with E-state index >= 15 is 0 Å². The maximum atomic E-state index is 11.8. The fourth-order valence-electron chi connectivity index (χ4n) is 1.76. The molecule has 0 spiro atoms. The zero-order chi connectivity index (χ0) is 15.4. The van der Waals surface area contributed by atoms with Gasteiger partial charge >= 0.3 is 11.8 Å². The second-order valence-electron chi connectivity index (χ2n) is 4.72. The van der Waals surface area contributed by atoms with E-state index in [9.17, 15) is 9.59 Å². The number of benzene rings is 2. The van der Waals surface area contributed by atoms with Gasteiger partial charge in [0.25, 0.3) is 0 Å². The van der Waals surface area contributed by atoms with Crippen molar-refractivity contribution in [3.63, 3.8) is 0 Å². The first-order valence-corrected chi connectivity index (χ1v) is 6.78. The highest BCUT2D eigenvalue weighted by Gasteiger charge is 2.14. The minimum Gasteiger partial charge on any atom is -0.318 e. The fourth-order valence-corrected chi connectivity index (χ4v) is 1.95. The van der Waals surface area contributed by atoms with Gasteiger partial charge in [-0.3, -0.25) is 9.59 Å². The third kappa shape index (κ3) is 4.07. The largest absolute Gasteiger partial charge is 0.318 e. The molecular weight excluding hydrogens is 288 g/mol. The number of halogens is 1. The van der Waals surface area contributed by atoms with E-state index in [1.54, 1.807) is 30.3 Å². The molecule has 0 bridgehead atoms. The van der Waals surface area contributed by atoms with E-state index in [1.165, 1.54) is 0 Å². The van der Waals surface area contributed by atoms with E-state index in [-0.39, 0.29) is 0 Å². The van der Waals surface area contributed by atoms with Crippen LogP contribution >= 0.6 is 11.6 Å². The van der Waals surface area contributed by atoms with Crippen molar-refractivity contribution >= 4 is 34.8 Å². The molecule has 4 nitrogen and oxygen atoms in total. The Labute approximate surface area is 128 Å². The number of carbonyl (C=O) groups is 2. The molecule has 2 aromatic carbocycles. The predicted octanol–water partition coefficient (Wildman–Crippen LogP) is 3.53. The van der Waals surface area contributed by atoms with Gasteiger partial charge in [-0.2, -0.15) is 0 Å². The lowest BCUT2D eigenvalue weighted by Gasteiger charge is -2.08. The molecule has 0 aliphatic heterocycles. The summed E-state index contributed by atoms with van der Waals surface area (Å²) in [7, 11) is 0. The van der Waals surface area contributed by atoms with E-state index in [0.29, 0.717) is 16.4 Å². The van der Waals surface area contributed by atoms with Gasteiger partial charge in [-0.15, -0.1) is 0 Å². The summed E-state index contributed by atoms with van der Waals surface area (Å²) in [6.45, 7) is 3.92. The number of amides is 2. The molecule has 0 saturated carbocycles. The Morgan fingerprint density at radius 2 is 1.48 bits per heavy atom. The van der Waals surface area contributed by atoms with Crippen molar-refractivity contribution in [1.82, 2.24) is 0 Å². The van der Waals surface area contributed by atoms with Crippen LogP contribution in [-0.4, -0.2) is 11.8 Å². The van der Waals surface area contributed by atoms with Gasteiger partial charge in [0.15, 0.2) is 0 Å². The Hall–Kier alpha value is -2.33. The van der Waals surface area contributed by atoms with Crippen LogP contribution in [0.3, 0.4) is 0 Å². The Bertz CT molecular complexity index is 698. The average Bonchev–Trinajstić information content (AvgIpc) is 2.43. The standard InChI is InChI=1S/C16H15ClN2O2/c1-10-6-7-14(8-11(10)2)19-16(21)15(20)18-13-5-3-4-12(17)9-13/h3-9H,1-2H3,(H,18,20)(H,19,21). The quantitative estimate of drug-likeness (QED) is 0.834. The summed E-state index contributed by atoms with van der Waals surface area (Å²) < 4.78 is 0. The Kier molecular flexibility index (Phi) is 4.60. The maximum Gasteiger partial charge on any atom is 0.314 e. The molecule has 0 aromatic heterocycles. The van der Waals surface area contributed by atoms with Gasteiger partial charge in [-0.1, -0.05) is 23.7 Å². The van der Waals surface area contributed by atoms with E-state index in [2.05, 4.69) is 10.6 Å². The van der Waals surface area contributed by atoms with Crippen LogP contribution in [0.2, 0.25) is 5.02 Å². The summed E-state index contributed by atoms with van der Waals surface area (Å²) in [5.41, 5.74) is 3.23. The van der Waals surface area contributed by atoms with Crippen LogP contribution in [0, 0.1) is 13.8 Å². The lowest BCUT2D eigenvalue weighted by Crippen LogP contribution is -2.29. The molecule has 21 heavy (non-hydrogen) atoms. The number of anilines is 2. The van der Waals surface area contributed by atoms with E-state index in [0.717, 1.165) is 11.1 Å². The van der Waals surface area contributed by atoms with Crippen LogP contribution in [0.15, 0.2) is 42.5 Å². The molecule has 2 N–H and O–H groups in total. The first kappa shape index (κ1) is 15.1. The molecule has 108 valence electrons. The van der Waals surface area contributed by atoms with Gasteiger partial charge in [-0.05, 0) is 55.3 Å². The average molecular weight is 303 g/mol. The van der Waals surface area contributed by atoms with Crippen molar-refractivity contribution in [2.75, 3.05) is 10.6 Å². The van der Waals surface area contributed by atoms with Crippen LogP contribution in [0.1, 0.15) is 11.1 Å². The first-order chi connectivity index (χ1) is 9.95. The molecule has 2 aromatic rings. The van der Waals surface area contributed by atoms with Gasteiger partial charge in [0.2, 0.25) is 0 Å². The van der Waals surface area contributed by atoms with Crippen molar-refractivity contribution < 1.29 is 9.59 Å². The Morgan fingerprint density at radius 1 is 0.857 bits per heavy atom. The predicted molar refractivity (Wildman–Crippen MR) is 84.6 cm³/mol. The second-order valence-corrected chi connectivity index (χ2v) is 5.15. The molecule has 0 unspecified atom stereocenters. The van der Waals surface area contributed by atoms with Gasteiger partial charge in [0.05, 0.1) is 0 Å². The third-order valence-corrected chi connectivity index (χ3v) is 3.29. The molecular formula is C16H15ClN2O2. The van der Waals surface area contributed by atoms with Crippen LogP contribution in [0.4, 0.5) is 11.4 Å². The number of hydrogen-bond acceptors (Lipinski definition) is 2. The van der Waals surface area contributed by atoms with Crippen molar-refractivity contribution in [1.29, 1.82) is 0 Å². The fraction of sp³-hybridized carbons (Fsp3) is 0.125. The number of carbonyl (C=O) groups excluding carboxylic acids is 2. The summed E-state index contributed by atoms with van der Waals surface area (Å²) in [5.74, 6) is -1.46. The van der Waals surface area contributed by atoms with Crippen LogP contribution in [0.5, 0.6) is 0 Å². The van der Waals surface area contributed by atoms with Gasteiger partial charge < -0.3 is 10.6 Å². The van der Waals surface area contributed by atoms with Crippen LogP contribution in [0.25, 0.3) is 0 Å². The summed E-state index contributed by atoms with van der Waals surface area (Å²) in [4.78, 5) is 23.7. The molecule has 0 saturated heterocycles. The van der Waals surface area contributed by atoms with E-state index < -0.39 is 11.8 Å². The molecule has 0 heterocycles. The van der Waals surface area contributed by atoms with Crippen LogP contribution < -0.4 is 10.6 Å². The number of aryl methyl sites for hydroxylation is 2. The number of nitrogens with one attached hydrogen (secondary N) is 2. The Balaban J connectivity index is 2.02. The monoisotopic (exact) mass is 302 g/mol. The molecule has 5 heteroatoms. The summed E-state index contributed by atoms with van der Waals surface area (Å²) >= 11 is 5.82. The normalized spacial score (nSPS) is 10.0. The molecule has 0 radical (unpaired) electrons. The van der Waals surface area contributed by atoms with Gasteiger partial charge in [0.1, 0.15) is 0 Å². The van der Waals surface area contributed by atoms with E-state index in [1.807, 2.05) is 26.0 Å². The lowest BCUT2D eigenvalue weighted by atomic mass is 10.1. The zero-order valence-electron chi connectivity index (χ0n) is 11.7. The first-order valence-electron chi connectivity index (χ1n) is 6.41. The van der Waals surface area contributed by atoms with Gasteiger partial charge in [0, 0.05) is 16.4 Å². The molecule has 0 aliphatic carbocycles. The van der Waals surface area contributed by atoms with Crippen molar-refractivity contribution in [3.05, 3.63) is 58.6 Å². The zero-order valence-corrected chi connectivity index (χ0v) is 12.5. The minimum atomic E-state index is -0.740. The molecule has 0 aliphatic rings.